The van der Waals surface area contributed by atoms with E-state index in [2.05, 4.69) is 4.74 Å². The number of pyridine rings is 1. The fraction of sp³-hybridized carbons (Fsp3) is 0.200. The Kier molecular flexibility index (Phi) is 3.70. The van der Waals surface area contributed by atoms with E-state index in [1.807, 2.05) is 0 Å². The van der Waals surface area contributed by atoms with Gasteiger partial charge in [0.2, 0.25) is 0 Å². The molecule has 0 radical (unpaired) electrons. The number of aromatic nitrogens is 1. The van der Waals surface area contributed by atoms with Crippen molar-refractivity contribution in [3.63, 3.8) is 0 Å². The number of methoxy groups -OCH3 is 1. The maximum atomic E-state index is 12.9. The van der Waals surface area contributed by atoms with Gasteiger partial charge in [-0.05, 0) is 49.2 Å². The van der Waals surface area contributed by atoms with Gasteiger partial charge in [-0.1, -0.05) is 0 Å². The molecule has 2 aromatic rings. The van der Waals surface area contributed by atoms with Gasteiger partial charge in [0.15, 0.2) is 0 Å². The highest BCUT2D eigenvalue weighted by molar-refractivity contribution is 5.90. The maximum absolute atomic E-state index is 12.9. The third-order valence-corrected chi connectivity index (χ3v) is 3.22. The smallest absolute Gasteiger partial charge is 0.343 e. The van der Waals surface area contributed by atoms with Crippen molar-refractivity contribution in [2.75, 3.05) is 7.11 Å². The molecule has 0 saturated carbocycles. The number of halogens is 1. The first-order chi connectivity index (χ1) is 9.45. The van der Waals surface area contributed by atoms with E-state index >= 15 is 0 Å². The van der Waals surface area contributed by atoms with Gasteiger partial charge in [0.25, 0.3) is 5.56 Å². The van der Waals surface area contributed by atoms with Crippen LogP contribution in [0.25, 0.3) is 5.69 Å². The summed E-state index contributed by atoms with van der Waals surface area (Å²) >= 11 is 0. The highest BCUT2D eigenvalue weighted by Crippen LogP contribution is 2.14. The third kappa shape index (κ3) is 2.34. The topological polar surface area (TPSA) is 48.3 Å². The molecule has 0 aliphatic heterocycles. The van der Waals surface area contributed by atoms with E-state index in [-0.39, 0.29) is 11.4 Å². The summed E-state index contributed by atoms with van der Waals surface area (Å²) in [4.78, 5) is 24.1. The summed E-state index contributed by atoms with van der Waals surface area (Å²) in [6, 6.07) is 5.47. The Morgan fingerprint density at radius 1 is 1.20 bits per heavy atom. The standard InChI is InChI=1S/C15H14FNO3/c1-9-8-17(12-6-4-11(16)5-7-12)14(18)13(10(9)2)15(19)20-3/h4-8H,1-3H3. The fourth-order valence-electron chi connectivity index (χ4n) is 1.96. The van der Waals surface area contributed by atoms with Crippen LogP contribution < -0.4 is 5.56 Å². The molecule has 0 saturated heterocycles. The first kappa shape index (κ1) is 14.0. The second-order valence-electron chi connectivity index (χ2n) is 4.46. The van der Waals surface area contributed by atoms with E-state index in [1.165, 1.54) is 35.9 Å². The zero-order valence-electron chi connectivity index (χ0n) is 11.4. The molecular weight excluding hydrogens is 261 g/mol. The van der Waals surface area contributed by atoms with Crippen LogP contribution >= 0.6 is 0 Å². The van der Waals surface area contributed by atoms with E-state index in [0.717, 1.165) is 5.56 Å². The van der Waals surface area contributed by atoms with Crippen molar-refractivity contribution in [2.24, 2.45) is 0 Å². The minimum atomic E-state index is -0.674. The minimum absolute atomic E-state index is 0.00294. The average Bonchev–Trinajstić information content (AvgIpc) is 2.44. The Morgan fingerprint density at radius 3 is 2.35 bits per heavy atom. The molecule has 0 N–H and O–H groups in total. The van der Waals surface area contributed by atoms with Crippen molar-refractivity contribution in [3.8, 4) is 5.69 Å². The number of aryl methyl sites for hydroxylation is 1. The van der Waals surface area contributed by atoms with Crippen molar-refractivity contribution in [2.45, 2.75) is 13.8 Å². The van der Waals surface area contributed by atoms with Crippen molar-refractivity contribution >= 4 is 5.97 Å². The fourth-order valence-corrected chi connectivity index (χ4v) is 1.96. The number of carbonyl (C=O) groups excluding carboxylic acids is 1. The molecule has 20 heavy (non-hydrogen) atoms. The molecular formula is C15H14FNO3. The summed E-state index contributed by atoms with van der Waals surface area (Å²) in [6.07, 6.45) is 1.62. The molecule has 0 unspecified atom stereocenters. The molecule has 104 valence electrons. The van der Waals surface area contributed by atoms with Gasteiger partial charge in [-0.15, -0.1) is 0 Å². The monoisotopic (exact) mass is 275 g/mol. The number of carbonyl (C=O) groups is 1. The van der Waals surface area contributed by atoms with Gasteiger partial charge >= 0.3 is 5.97 Å². The zero-order chi connectivity index (χ0) is 14.9. The number of hydrogen-bond acceptors (Lipinski definition) is 3. The molecule has 0 fully saturated rings. The third-order valence-electron chi connectivity index (χ3n) is 3.22. The largest absolute Gasteiger partial charge is 0.465 e. The molecule has 0 amide bonds. The highest BCUT2D eigenvalue weighted by atomic mass is 19.1. The van der Waals surface area contributed by atoms with Crippen LogP contribution in [-0.4, -0.2) is 17.6 Å². The summed E-state index contributed by atoms with van der Waals surface area (Å²) in [6.45, 7) is 3.49. The number of nitrogens with zero attached hydrogens (tertiary/aromatic N) is 1. The van der Waals surface area contributed by atoms with Crippen LogP contribution in [-0.2, 0) is 4.74 Å². The Balaban J connectivity index is 2.73. The minimum Gasteiger partial charge on any atom is -0.465 e. The molecule has 4 nitrogen and oxygen atoms in total. The van der Waals surface area contributed by atoms with E-state index in [4.69, 9.17) is 0 Å². The lowest BCUT2D eigenvalue weighted by atomic mass is 10.1. The van der Waals surface area contributed by atoms with Gasteiger partial charge in [0.05, 0.1) is 7.11 Å². The molecule has 1 aromatic carbocycles. The molecule has 2 rings (SSSR count). The summed E-state index contributed by atoms with van der Waals surface area (Å²) in [5.74, 6) is -1.06. The van der Waals surface area contributed by atoms with Crippen molar-refractivity contribution in [1.82, 2.24) is 4.57 Å². The number of benzene rings is 1. The van der Waals surface area contributed by atoms with Crippen molar-refractivity contribution < 1.29 is 13.9 Å². The Labute approximate surface area is 115 Å². The lowest BCUT2D eigenvalue weighted by Crippen LogP contribution is -2.27. The lowest BCUT2D eigenvalue weighted by Gasteiger charge is -2.12. The second-order valence-corrected chi connectivity index (χ2v) is 4.46. The van der Waals surface area contributed by atoms with Crippen molar-refractivity contribution in [3.05, 3.63) is 63.3 Å². The zero-order valence-corrected chi connectivity index (χ0v) is 11.4. The van der Waals surface area contributed by atoms with Crippen molar-refractivity contribution in [1.29, 1.82) is 0 Å². The van der Waals surface area contributed by atoms with Gasteiger partial charge in [0, 0.05) is 11.9 Å². The van der Waals surface area contributed by atoms with Crippen LogP contribution in [0, 0.1) is 19.7 Å². The summed E-state index contributed by atoms with van der Waals surface area (Å²) in [5, 5.41) is 0. The van der Waals surface area contributed by atoms with Crippen LogP contribution in [0.15, 0.2) is 35.3 Å². The maximum Gasteiger partial charge on any atom is 0.343 e. The van der Waals surface area contributed by atoms with Gasteiger partial charge in [-0.2, -0.15) is 0 Å². The number of rotatable bonds is 2. The number of esters is 1. The Morgan fingerprint density at radius 2 is 1.80 bits per heavy atom. The summed E-state index contributed by atoms with van der Waals surface area (Å²) < 4.78 is 18.9. The van der Waals surface area contributed by atoms with Crippen LogP contribution in [0.3, 0.4) is 0 Å². The van der Waals surface area contributed by atoms with E-state index in [9.17, 15) is 14.0 Å². The van der Waals surface area contributed by atoms with Gasteiger partial charge in [-0.25, -0.2) is 9.18 Å². The molecule has 0 atom stereocenters. The molecule has 5 heteroatoms. The average molecular weight is 275 g/mol. The van der Waals surface area contributed by atoms with E-state index in [1.54, 1.807) is 20.0 Å². The first-order valence-corrected chi connectivity index (χ1v) is 6.03. The molecule has 0 bridgehead atoms. The molecule has 0 spiro atoms. The van der Waals surface area contributed by atoms with Gasteiger partial charge in [0.1, 0.15) is 11.4 Å². The summed E-state index contributed by atoms with van der Waals surface area (Å²) in [5.41, 5.74) is 1.36. The quantitative estimate of drug-likeness (QED) is 0.791. The number of ether oxygens (including phenoxy) is 1. The highest BCUT2D eigenvalue weighted by Gasteiger charge is 2.18. The lowest BCUT2D eigenvalue weighted by molar-refractivity contribution is 0.0597. The normalized spacial score (nSPS) is 10.4. The molecule has 0 aliphatic rings. The predicted molar refractivity (Wildman–Crippen MR) is 72.8 cm³/mol. The van der Waals surface area contributed by atoms with E-state index < -0.39 is 11.5 Å². The Hall–Kier alpha value is -2.43. The van der Waals surface area contributed by atoms with Gasteiger partial charge < -0.3 is 4.74 Å². The predicted octanol–water partition coefficient (Wildman–Crippen LogP) is 2.38. The molecule has 1 aromatic heterocycles. The van der Waals surface area contributed by atoms with Crippen LogP contribution in [0.5, 0.6) is 0 Å². The van der Waals surface area contributed by atoms with Crippen LogP contribution in [0.2, 0.25) is 0 Å². The van der Waals surface area contributed by atoms with Crippen LogP contribution in [0.4, 0.5) is 4.39 Å². The molecule has 1 heterocycles. The Bertz CT molecular complexity index is 717. The second kappa shape index (κ2) is 5.28. The SMILES string of the molecule is COC(=O)c1c(C)c(C)cn(-c2ccc(F)cc2)c1=O. The first-order valence-electron chi connectivity index (χ1n) is 6.03. The summed E-state index contributed by atoms with van der Waals surface area (Å²) in [7, 11) is 1.23. The van der Waals surface area contributed by atoms with E-state index in [0.29, 0.717) is 11.3 Å². The van der Waals surface area contributed by atoms with Crippen LogP contribution in [0.1, 0.15) is 21.5 Å². The number of hydrogen-bond donors (Lipinski definition) is 0. The molecule has 0 aliphatic carbocycles. The van der Waals surface area contributed by atoms with Gasteiger partial charge in [-0.3, -0.25) is 9.36 Å².